The van der Waals surface area contributed by atoms with E-state index in [2.05, 4.69) is 4.74 Å². The van der Waals surface area contributed by atoms with Crippen molar-refractivity contribution in [1.29, 1.82) is 0 Å². The number of phenolic OH excluding ortho intramolecular Hbond substituents is 1. The molecule has 0 aliphatic carbocycles. The Labute approximate surface area is 141 Å². The minimum Gasteiger partial charge on any atom is -0.507 e. The van der Waals surface area contributed by atoms with Gasteiger partial charge in [-0.1, -0.05) is 36.4 Å². The minimum atomic E-state index is -0.615. The first-order valence-corrected chi connectivity index (χ1v) is 6.92. The molecule has 2 rings (SSSR count). The topological polar surface area (TPSA) is 81.8 Å². The van der Waals surface area contributed by atoms with Crippen molar-refractivity contribution in [1.82, 2.24) is 0 Å². The number of methoxy groups -OCH3 is 1. The molecule has 0 amide bonds. The van der Waals surface area contributed by atoms with Gasteiger partial charge in [0.15, 0.2) is 0 Å². The van der Waals surface area contributed by atoms with Crippen LogP contribution in [0.5, 0.6) is 11.5 Å². The van der Waals surface area contributed by atoms with Crippen molar-refractivity contribution >= 4 is 18.4 Å². The van der Waals surface area contributed by atoms with Crippen LogP contribution in [0.3, 0.4) is 0 Å². The fourth-order valence-electron chi connectivity index (χ4n) is 2.04. The molecule has 0 radical (unpaired) electrons. The molecule has 0 fully saturated rings. The normalized spacial score (nSPS) is 11.2. The van der Waals surface area contributed by atoms with Crippen LogP contribution in [-0.4, -0.2) is 18.2 Å². The minimum absolute atomic E-state index is 0. The zero-order valence-corrected chi connectivity index (χ0v) is 13.6. The van der Waals surface area contributed by atoms with Crippen LogP contribution in [0.4, 0.5) is 0 Å². The molecule has 2 aromatic rings. The van der Waals surface area contributed by atoms with E-state index < -0.39 is 12.0 Å². The molecule has 6 heteroatoms. The molecule has 0 spiro atoms. The van der Waals surface area contributed by atoms with Crippen LogP contribution < -0.4 is 10.5 Å². The Hall–Kier alpha value is -2.24. The molecular formula is C17H20ClNO4. The van der Waals surface area contributed by atoms with Gasteiger partial charge in [-0.2, -0.15) is 0 Å². The van der Waals surface area contributed by atoms with Crippen molar-refractivity contribution in [3.8, 4) is 11.5 Å². The SMILES string of the molecule is COC(=O)C[C@H](N)c1ccc(OCc2ccccc2)cc1O.Cl. The zero-order chi connectivity index (χ0) is 15.9. The van der Waals surface area contributed by atoms with Crippen molar-refractivity contribution in [2.75, 3.05) is 7.11 Å². The van der Waals surface area contributed by atoms with Gasteiger partial charge in [0, 0.05) is 17.7 Å². The standard InChI is InChI=1S/C17H19NO4.ClH/c1-21-17(20)10-15(18)14-8-7-13(9-16(14)19)22-11-12-5-3-2-4-6-12;/h2-9,15,19H,10-11,18H2,1H3;1H/t15-;/m0./s1. The second-order valence-electron chi connectivity index (χ2n) is 4.88. The molecule has 5 nitrogen and oxygen atoms in total. The zero-order valence-electron chi connectivity index (χ0n) is 12.8. The molecule has 0 bridgehead atoms. The van der Waals surface area contributed by atoms with Gasteiger partial charge in [0.05, 0.1) is 13.5 Å². The predicted octanol–water partition coefficient (Wildman–Crippen LogP) is 2.96. The van der Waals surface area contributed by atoms with Crippen molar-refractivity contribution in [2.24, 2.45) is 5.73 Å². The lowest BCUT2D eigenvalue weighted by atomic mass is 10.0. The predicted molar refractivity (Wildman–Crippen MR) is 89.7 cm³/mol. The van der Waals surface area contributed by atoms with Crippen LogP contribution in [0.1, 0.15) is 23.6 Å². The van der Waals surface area contributed by atoms with E-state index in [4.69, 9.17) is 10.5 Å². The summed E-state index contributed by atoms with van der Waals surface area (Å²) in [6.45, 7) is 0.411. The second kappa shape index (κ2) is 9.02. The number of carbonyl (C=O) groups excluding carboxylic acids is 1. The van der Waals surface area contributed by atoms with Crippen LogP contribution in [0, 0.1) is 0 Å². The van der Waals surface area contributed by atoms with E-state index in [0.29, 0.717) is 17.9 Å². The maximum Gasteiger partial charge on any atom is 0.307 e. The third-order valence-corrected chi connectivity index (χ3v) is 3.26. The van der Waals surface area contributed by atoms with Gasteiger partial charge in [-0.15, -0.1) is 12.4 Å². The molecular weight excluding hydrogens is 318 g/mol. The largest absolute Gasteiger partial charge is 0.507 e. The first-order chi connectivity index (χ1) is 10.6. The van der Waals surface area contributed by atoms with E-state index in [1.54, 1.807) is 12.1 Å². The van der Waals surface area contributed by atoms with Crippen molar-refractivity contribution < 1.29 is 19.4 Å². The summed E-state index contributed by atoms with van der Waals surface area (Å²) in [5.41, 5.74) is 7.41. The number of hydrogen-bond acceptors (Lipinski definition) is 5. The number of aromatic hydroxyl groups is 1. The molecule has 0 saturated carbocycles. The quantitative estimate of drug-likeness (QED) is 0.792. The van der Waals surface area contributed by atoms with Gasteiger partial charge in [-0.25, -0.2) is 0 Å². The number of halogens is 1. The molecule has 2 aromatic carbocycles. The lowest BCUT2D eigenvalue weighted by molar-refractivity contribution is -0.141. The van der Waals surface area contributed by atoms with E-state index in [1.807, 2.05) is 30.3 Å². The van der Waals surface area contributed by atoms with E-state index in [1.165, 1.54) is 13.2 Å². The summed E-state index contributed by atoms with van der Waals surface area (Å²) in [6, 6.07) is 14.0. The molecule has 0 saturated heterocycles. The number of esters is 1. The average Bonchev–Trinajstić information content (AvgIpc) is 2.53. The Morgan fingerprint density at radius 1 is 1.22 bits per heavy atom. The molecule has 0 aliphatic rings. The van der Waals surface area contributed by atoms with E-state index in [9.17, 15) is 9.90 Å². The highest BCUT2D eigenvalue weighted by Crippen LogP contribution is 2.29. The van der Waals surface area contributed by atoms with E-state index in [-0.39, 0.29) is 24.6 Å². The summed E-state index contributed by atoms with van der Waals surface area (Å²) >= 11 is 0. The van der Waals surface area contributed by atoms with Crippen LogP contribution in [0.2, 0.25) is 0 Å². The molecule has 0 unspecified atom stereocenters. The number of hydrogen-bond donors (Lipinski definition) is 2. The summed E-state index contributed by atoms with van der Waals surface area (Å²) in [5.74, 6) is 0.119. The number of carbonyl (C=O) groups is 1. The number of phenols is 1. The van der Waals surface area contributed by atoms with Crippen LogP contribution in [0.15, 0.2) is 48.5 Å². The van der Waals surface area contributed by atoms with Crippen molar-refractivity contribution in [3.63, 3.8) is 0 Å². The first-order valence-electron chi connectivity index (χ1n) is 6.92. The maximum absolute atomic E-state index is 11.2. The van der Waals surface area contributed by atoms with Crippen LogP contribution >= 0.6 is 12.4 Å². The van der Waals surface area contributed by atoms with Gasteiger partial charge in [0.2, 0.25) is 0 Å². The molecule has 0 aliphatic heterocycles. The average molecular weight is 338 g/mol. The van der Waals surface area contributed by atoms with Crippen molar-refractivity contribution in [3.05, 3.63) is 59.7 Å². The van der Waals surface area contributed by atoms with Crippen LogP contribution in [-0.2, 0) is 16.1 Å². The second-order valence-corrected chi connectivity index (χ2v) is 4.88. The summed E-state index contributed by atoms with van der Waals surface area (Å²) in [6.07, 6.45) is 0.00821. The molecule has 0 heterocycles. The Kier molecular flexibility index (Phi) is 7.38. The van der Waals surface area contributed by atoms with Gasteiger partial charge in [0.25, 0.3) is 0 Å². The van der Waals surface area contributed by atoms with Crippen molar-refractivity contribution in [2.45, 2.75) is 19.1 Å². The third kappa shape index (κ3) is 5.47. The van der Waals surface area contributed by atoms with Gasteiger partial charge in [-0.3, -0.25) is 4.79 Å². The monoisotopic (exact) mass is 337 g/mol. The van der Waals surface area contributed by atoms with Crippen LogP contribution in [0.25, 0.3) is 0 Å². The molecule has 23 heavy (non-hydrogen) atoms. The number of nitrogens with two attached hydrogens (primary N) is 1. The Morgan fingerprint density at radius 3 is 2.52 bits per heavy atom. The molecule has 0 aromatic heterocycles. The van der Waals surface area contributed by atoms with Gasteiger partial charge >= 0.3 is 5.97 Å². The Balaban J connectivity index is 0.00000264. The maximum atomic E-state index is 11.2. The lowest BCUT2D eigenvalue weighted by Crippen LogP contribution is -2.16. The summed E-state index contributed by atoms with van der Waals surface area (Å²) in [4.78, 5) is 11.2. The highest BCUT2D eigenvalue weighted by atomic mass is 35.5. The molecule has 1 atom stereocenters. The van der Waals surface area contributed by atoms with E-state index >= 15 is 0 Å². The number of benzene rings is 2. The van der Waals surface area contributed by atoms with Gasteiger partial charge in [0.1, 0.15) is 18.1 Å². The summed E-state index contributed by atoms with van der Waals surface area (Å²) in [5, 5.41) is 10.0. The number of ether oxygens (including phenoxy) is 2. The fourth-order valence-corrected chi connectivity index (χ4v) is 2.04. The summed E-state index contributed by atoms with van der Waals surface area (Å²) < 4.78 is 10.2. The highest BCUT2D eigenvalue weighted by Gasteiger charge is 2.16. The van der Waals surface area contributed by atoms with Gasteiger partial charge in [-0.05, 0) is 11.6 Å². The fraction of sp³-hybridized carbons (Fsp3) is 0.235. The Bertz CT molecular complexity index is 634. The van der Waals surface area contributed by atoms with E-state index in [0.717, 1.165) is 5.56 Å². The molecule has 3 N–H and O–H groups in total. The third-order valence-electron chi connectivity index (χ3n) is 3.26. The summed E-state index contributed by atoms with van der Waals surface area (Å²) in [7, 11) is 1.30. The smallest absolute Gasteiger partial charge is 0.307 e. The van der Waals surface area contributed by atoms with Gasteiger partial charge < -0.3 is 20.3 Å². The lowest BCUT2D eigenvalue weighted by Gasteiger charge is -2.14. The number of rotatable bonds is 6. The first kappa shape index (κ1) is 18.8. The molecule has 124 valence electrons. The Morgan fingerprint density at radius 2 is 1.91 bits per heavy atom. The highest BCUT2D eigenvalue weighted by molar-refractivity contribution is 5.85.